The lowest BCUT2D eigenvalue weighted by Gasteiger charge is -2.15. The molecular formula is C9H9ClNO5S-. The van der Waals surface area contributed by atoms with Crippen LogP contribution in [0.3, 0.4) is 0 Å². The van der Waals surface area contributed by atoms with E-state index < -0.39 is 17.4 Å². The predicted octanol–water partition coefficient (Wildman–Crippen LogP) is 1.58. The van der Waals surface area contributed by atoms with Gasteiger partial charge in [0, 0.05) is 11.8 Å². The first-order valence-electron chi connectivity index (χ1n) is 4.39. The molecule has 1 unspecified atom stereocenters. The summed E-state index contributed by atoms with van der Waals surface area (Å²) in [7, 11) is 1.53. The first-order chi connectivity index (χ1) is 8.04. The zero-order chi connectivity index (χ0) is 12.8. The highest BCUT2D eigenvalue weighted by molar-refractivity contribution is 7.78. The van der Waals surface area contributed by atoms with Crippen molar-refractivity contribution in [1.29, 1.82) is 0 Å². The number of amides is 1. The van der Waals surface area contributed by atoms with Crippen LogP contribution in [0, 0.1) is 0 Å². The van der Waals surface area contributed by atoms with E-state index in [1.165, 1.54) is 7.11 Å². The fourth-order valence-electron chi connectivity index (χ4n) is 0.978. The molecule has 94 valence electrons. The van der Waals surface area contributed by atoms with Crippen molar-refractivity contribution in [3.63, 3.8) is 0 Å². The van der Waals surface area contributed by atoms with Gasteiger partial charge >= 0.3 is 6.09 Å². The van der Waals surface area contributed by atoms with Gasteiger partial charge in [-0.3, -0.25) is 4.21 Å². The maximum Gasteiger partial charge on any atom is 0.436 e. The number of rotatable bonds is 4. The standard InChI is InChI=1S/C9H10ClNO5S/c1-15-8-4-2-7(3-5-8)6-16-9(12)11(10)17(13)14/h2-5H,6H2,1H3,(H,13,14)/p-1. The topological polar surface area (TPSA) is 78.9 Å². The molecule has 1 atom stereocenters. The molecule has 0 saturated carbocycles. The minimum Gasteiger partial charge on any atom is -0.754 e. The molecule has 0 heterocycles. The van der Waals surface area contributed by atoms with E-state index in [0.717, 1.165) is 0 Å². The Labute approximate surface area is 106 Å². The number of carbonyl (C=O) groups excluding carboxylic acids is 1. The molecule has 0 N–H and O–H groups in total. The van der Waals surface area contributed by atoms with Crippen molar-refractivity contribution in [2.75, 3.05) is 7.11 Å². The molecular weight excluding hydrogens is 270 g/mol. The quantitative estimate of drug-likeness (QED) is 0.617. The number of nitrogens with zero attached hydrogens (tertiary/aromatic N) is 1. The maximum absolute atomic E-state index is 11.0. The molecule has 1 amide bonds. The van der Waals surface area contributed by atoms with Gasteiger partial charge in [0.2, 0.25) is 0 Å². The van der Waals surface area contributed by atoms with Crippen LogP contribution in [0.15, 0.2) is 24.3 Å². The number of ether oxygens (including phenoxy) is 2. The monoisotopic (exact) mass is 278 g/mol. The second kappa shape index (κ2) is 6.43. The van der Waals surface area contributed by atoms with Crippen molar-refractivity contribution >= 4 is 29.1 Å². The number of hydrogen-bond donors (Lipinski definition) is 0. The molecule has 0 aliphatic heterocycles. The minimum atomic E-state index is -2.85. The molecule has 0 radical (unpaired) electrons. The highest BCUT2D eigenvalue weighted by atomic mass is 35.5. The third-order valence-electron chi connectivity index (χ3n) is 1.80. The van der Waals surface area contributed by atoms with Crippen LogP contribution in [-0.4, -0.2) is 25.8 Å². The molecule has 6 nitrogen and oxygen atoms in total. The summed E-state index contributed by atoms with van der Waals surface area (Å²) in [6, 6.07) is 6.73. The molecule has 0 spiro atoms. The first-order valence-corrected chi connectivity index (χ1v) is 5.76. The molecule has 1 rings (SSSR count). The highest BCUT2D eigenvalue weighted by Gasteiger charge is 2.13. The van der Waals surface area contributed by atoms with Crippen molar-refractivity contribution in [2.45, 2.75) is 6.61 Å². The summed E-state index contributed by atoms with van der Waals surface area (Å²) in [6.07, 6.45) is -1.16. The lowest BCUT2D eigenvalue weighted by Crippen LogP contribution is -2.24. The van der Waals surface area contributed by atoms with E-state index in [4.69, 9.17) is 16.5 Å². The van der Waals surface area contributed by atoms with Gasteiger partial charge in [-0.1, -0.05) is 12.1 Å². The van der Waals surface area contributed by atoms with Crippen molar-refractivity contribution in [3.8, 4) is 5.75 Å². The summed E-state index contributed by atoms with van der Waals surface area (Å²) in [5.74, 6) is 0.666. The second-order valence-corrected chi connectivity index (χ2v) is 4.20. The second-order valence-electron chi connectivity index (χ2n) is 2.86. The van der Waals surface area contributed by atoms with E-state index in [0.29, 0.717) is 11.3 Å². The smallest absolute Gasteiger partial charge is 0.436 e. The van der Waals surface area contributed by atoms with Crippen LogP contribution >= 0.6 is 11.8 Å². The average Bonchev–Trinajstić information content (AvgIpc) is 2.35. The van der Waals surface area contributed by atoms with Gasteiger partial charge in [0.1, 0.15) is 12.4 Å². The molecule has 0 saturated heterocycles. The molecule has 1 aromatic rings. The van der Waals surface area contributed by atoms with Crippen LogP contribution in [0.25, 0.3) is 0 Å². The Balaban J connectivity index is 2.50. The Bertz CT molecular complexity index is 410. The van der Waals surface area contributed by atoms with E-state index in [-0.39, 0.29) is 10.4 Å². The zero-order valence-corrected chi connectivity index (χ0v) is 10.4. The number of benzene rings is 1. The van der Waals surface area contributed by atoms with E-state index in [9.17, 15) is 13.6 Å². The van der Waals surface area contributed by atoms with E-state index in [1.54, 1.807) is 24.3 Å². The Morgan fingerprint density at radius 2 is 2.06 bits per heavy atom. The summed E-state index contributed by atoms with van der Waals surface area (Å²) in [5, 5.41) is 0. The Kier molecular flexibility index (Phi) is 5.20. The zero-order valence-electron chi connectivity index (χ0n) is 8.79. The Hall–Kier alpha value is -1.31. The SMILES string of the molecule is COc1ccc(COC(=O)N(Cl)S(=O)[O-])cc1. The van der Waals surface area contributed by atoms with Crippen LogP contribution in [-0.2, 0) is 22.6 Å². The van der Waals surface area contributed by atoms with Gasteiger partial charge in [0.25, 0.3) is 0 Å². The fourth-order valence-corrected chi connectivity index (χ4v) is 1.20. The lowest BCUT2D eigenvalue weighted by atomic mass is 10.2. The Morgan fingerprint density at radius 1 is 1.47 bits per heavy atom. The van der Waals surface area contributed by atoms with Crippen molar-refractivity contribution in [1.82, 2.24) is 3.82 Å². The molecule has 0 fully saturated rings. The van der Waals surface area contributed by atoms with Crippen LogP contribution < -0.4 is 4.74 Å². The van der Waals surface area contributed by atoms with Gasteiger partial charge in [-0.05, 0) is 17.7 Å². The molecule has 0 bridgehead atoms. The summed E-state index contributed by atoms with van der Waals surface area (Å²) in [4.78, 5) is 11.0. The predicted molar refractivity (Wildman–Crippen MR) is 59.8 cm³/mol. The molecule has 8 heteroatoms. The molecule has 0 aliphatic carbocycles. The van der Waals surface area contributed by atoms with Gasteiger partial charge in [-0.2, -0.15) is 0 Å². The van der Waals surface area contributed by atoms with Crippen molar-refractivity contribution in [2.24, 2.45) is 0 Å². The fraction of sp³-hybridized carbons (Fsp3) is 0.222. The number of halogens is 1. The summed E-state index contributed by atoms with van der Waals surface area (Å²) >= 11 is 2.26. The highest BCUT2D eigenvalue weighted by Crippen LogP contribution is 2.12. The molecule has 0 aromatic heterocycles. The average molecular weight is 279 g/mol. The van der Waals surface area contributed by atoms with Gasteiger partial charge in [-0.25, -0.2) is 4.79 Å². The van der Waals surface area contributed by atoms with Gasteiger partial charge in [-0.15, -0.1) is 3.82 Å². The number of hydrogen-bond acceptors (Lipinski definition) is 5. The normalized spacial score (nSPS) is 11.7. The van der Waals surface area contributed by atoms with E-state index in [2.05, 4.69) is 4.74 Å². The summed E-state index contributed by atoms with van der Waals surface area (Å²) in [6.45, 7) is -0.0801. The maximum atomic E-state index is 11.0. The third kappa shape index (κ3) is 4.22. The summed E-state index contributed by atoms with van der Waals surface area (Å²) < 4.78 is 30.2. The van der Waals surface area contributed by atoms with Crippen LogP contribution in [0.2, 0.25) is 0 Å². The van der Waals surface area contributed by atoms with Gasteiger partial charge in [0.05, 0.1) is 18.4 Å². The van der Waals surface area contributed by atoms with E-state index in [1.807, 2.05) is 0 Å². The van der Waals surface area contributed by atoms with Crippen LogP contribution in [0.5, 0.6) is 5.75 Å². The first kappa shape index (κ1) is 13.8. The molecule has 1 aromatic carbocycles. The van der Waals surface area contributed by atoms with Crippen molar-refractivity contribution < 1.29 is 23.0 Å². The van der Waals surface area contributed by atoms with E-state index >= 15 is 0 Å². The minimum absolute atomic E-state index is 0.0521. The number of carbonyl (C=O) groups is 1. The Morgan fingerprint density at radius 3 is 2.53 bits per heavy atom. The molecule has 0 aliphatic rings. The van der Waals surface area contributed by atoms with Crippen LogP contribution in [0.1, 0.15) is 5.56 Å². The van der Waals surface area contributed by atoms with Crippen molar-refractivity contribution in [3.05, 3.63) is 29.8 Å². The lowest BCUT2D eigenvalue weighted by molar-refractivity contribution is 0.132. The van der Waals surface area contributed by atoms with Crippen LogP contribution in [0.4, 0.5) is 4.79 Å². The van der Waals surface area contributed by atoms with Gasteiger partial charge in [0.15, 0.2) is 0 Å². The third-order valence-corrected chi connectivity index (χ3v) is 2.68. The largest absolute Gasteiger partial charge is 0.754 e. The van der Waals surface area contributed by atoms with Gasteiger partial charge < -0.3 is 14.0 Å². The molecule has 17 heavy (non-hydrogen) atoms. The summed E-state index contributed by atoms with van der Waals surface area (Å²) in [5.41, 5.74) is 0.681. The number of methoxy groups -OCH3 is 1.